The zero-order valence-corrected chi connectivity index (χ0v) is 27.5. The number of rotatable bonds is 12. The Morgan fingerprint density at radius 3 is 2.58 bits per heavy atom. The van der Waals surface area contributed by atoms with E-state index < -0.39 is 95.8 Å². The molecule has 1 saturated heterocycles. The summed E-state index contributed by atoms with van der Waals surface area (Å²) in [6.07, 6.45) is -3.45. The maximum absolute atomic E-state index is 13.9. The van der Waals surface area contributed by atoms with Crippen molar-refractivity contribution < 1.29 is 54.1 Å². The molecule has 1 fully saturated rings. The van der Waals surface area contributed by atoms with Crippen molar-refractivity contribution in [2.45, 2.75) is 88.1 Å². The lowest BCUT2D eigenvalue weighted by Gasteiger charge is -2.43. The summed E-state index contributed by atoms with van der Waals surface area (Å²) in [6, 6.07) is 3.61. The molecular weight excluding hydrogens is 656 g/mol. The lowest BCUT2D eigenvalue weighted by atomic mass is 9.71. The fourth-order valence-electron chi connectivity index (χ4n) is 6.77. The number of ketones is 2. The number of azide groups is 1. The van der Waals surface area contributed by atoms with E-state index in [-0.39, 0.29) is 46.6 Å². The molecule has 8 N–H and O–H groups in total. The third-order valence-corrected chi connectivity index (χ3v) is 9.37. The number of fused-ring (bicyclic) bond motifs is 3. The first kappa shape index (κ1) is 36.7. The van der Waals surface area contributed by atoms with E-state index in [1.807, 2.05) is 0 Å². The molecule has 17 nitrogen and oxygen atoms in total. The van der Waals surface area contributed by atoms with Crippen LogP contribution in [-0.2, 0) is 20.7 Å². The number of aromatic hydroxyl groups is 2. The van der Waals surface area contributed by atoms with Gasteiger partial charge in [-0.2, -0.15) is 5.10 Å². The molecule has 0 bridgehead atoms. The highest BCUT2D eigenvalue weighted by molar-refractivity contribution is 6.31. The summed E-state index contributed by atoms with van der Waals surface area (Å²) in [5.41, 5.74) is 13.0. The zero-order chi connectivity index (χ0) is 36.3. The molecule has 5 rings (SSSR count). The van der Waals surface area contributed by atoms with Gasteiger partial charge in [0.15, 0.2) is 12.1 Å². The van der Waals surface area contributed by atoms with Gasteiger partial charge in [-0.15, -0.1) is 0 Å². The minimum absolute atomic E-state index is 0.00465. The van der Waals surface area contributed by atoms with Crippen LogP contribution in [-0.4, -0.2) is 99.1 Å². The van der Waals surface area contributed by atoms with Crippen LogP contribution in [0, 0.1) is 0 Å². The second kappa shape index (κ2) is 15.1. The van der Waals surface area contributed by atoms with Gasteiger partial charge in [0.05, 0.1) is 54.4 Å². The second-order valence-electron chi connectivity index (χ2n) is 12.6. The zero-order valence-electron chi connectivity index (χ0n) is 27.5. The molecule has 1 aliphatic heterocycles. The van der Waals surface area contributed by atoms with E-state index in [4.69, 9.17) is 25.5 Å². The number of nitrogens with two attached hydrogens (primary N) is 1. The Morgan fingerprint density at radius 2 is 1.90 bits per heavy atom. The Labute approximate surface area is 286 Å². The molecule has 6 atom stereocenters. The number of methoxy groups -OCH3 is 1. The molecule has 2 aliphatic carbocycles. The van der Waals surface area contributed by atoms with Crippen LogP contribution in [0.15, 0.2) is 28.4 Å². The van der Waals surface area contributed by atoms with E-state index in [0.29, 0.717) is 25.8 Å². The summed E-state index contributed by atoms with van der Waals surface area (Å²) in [5.74, 6) is -3.35. The van der Waals surface area contributed by atoms with Crippen LogP contribution in [0.3, 0.4) is 0 Å². The highest BCUT2D eigenvalue weighted by Gasteiger charge is 2.49. The van der Waals surface area contributed by atoms with Crippen molar-refractivity contribution in [2.24, 2.45) is 15.9 Å². The Morgan fingerprint density at radius 1 is 1.16 bits per heavy atom. The maximum atomic E-state index is 13.9. The van der Waals surface area contributed by atoms with Gasteiger partial charge in [-0.25, -0.2) is 5.43 Å². The van der Waals surface area contributed by atoms with Gasteiger partial charge >= 0.3 is 0 Å². The SMILES string of the molecule is COc1cccc2c1C(=O)c1c(O)c3c(c(O)c1C2=O)C[C@@](O)(/C(CO)=N/NC(=O)CCCCCN=[N+]=[N-])C[C@@H]3O[C@H]1C[C@H](N)[C@H](O)[C@H](C)O1. The van der Waals surface area contributed by atoms with E-state index >= 15 is 0 Å². The van der Waals surface area contributed by atoms with Crippen LogP contribution < -0.4 is 15.9 Å². The number of hydrogen-bond donors (Lipinski definition) is 7. The second-order valence-corrected chi connectivity index (χ2v) is 12.6. The summed E-state index contributed by atoms with van der Waals surface area (Å²) in [6.45, 7) is 1.03. The van der Waals surface area contributed by atoms with Gasteiger partial charge in [0.2, 0.25) is 11.7 Å². The van der Waals surface area contributed by atoms with Crippen LogP contribution in [0.1, 0.15) is 94.5 Å². The number of hydrazone groups is 1. The van der Waals surface area contributed by atoms with Crippen molar-refractivity contribution in [2.75, 3.05) is 20.3 Å². The van der Waals surface area contributed by atoms with Crippen molar-refractivity contribution in [1.29, 1.82) is 0 Å². The van der Waals surface area contributed by atoms with Gasteiger partial charge < -0.3 is 45.5 Å². The summed E-state index contributed by atoms with van der Waals surface area (Å²) in [4.78, 5) is 42.9. The molecule has 0 radical (unpaired) electrons. The minimum atomic E-state index is -2.13. The first-order valence-electron chi connectivity index (χ1n) is 16.2. The van der Waals surface area contributed by atoms with E-state index in [0.717, 1.165) is 0 Å². The normalized spacial score (nSPS) is 26.0. The number of benzene rings is 2. The van der Waals surface area contributed by atoms with E-state index in [1.165, 1.54) is 25.3 Å². The molecular formula is C33H40N6O11. The number of unbranched alkanes of at least 4 members (excludes halogenated alkanes) is 2. The number of carbonyl (C=O) groups excluding carboxylic acids is 3. The van der Waals surface area contributed by atoms with Gasteiger partial charge in [-0.1, -0.05) is 23.7 Å². The Kier molecular flexibility index (Phi) is 11.1. The predicted molar refractivity (Wildman–Crippen MR) is 175 cm³/mol. The molecule has 268 valence electrons. The van der Waals surface area contributed by atoms with Gasteiger partial charge in [0.1, 0.15) is 22.8 Å². The van der Waals surface area contributed by atoms with Crippen molar-refractivity contribution in [3.63, 3.8) is 0 Å². The monoisotopic (exact) mass is 696 g/mol. The van der Waals surface area contributed by atoms with Gasteiger partial charge in [-0.05, 0) is 31.4 Å². The van der Waals surface area contributed by atoms with Crippen LogP contribution in [0.2, 0.25) is 0 Å². The molecule has 0 saturated carbocycles. The quantitative estimate of drug-likeness (QED) is 0.0271. The van der Waals surface area contributed by atoms with Crippen molar-refractivity contribution in [3.05, 3.63) is 62.0 Å². The lowest BCUT2D eigenvalue weighted by molar-refractivity contribution is -0.245. The van der Waals surface area contributed by atoms with Crippen molar-refractivity contribution in [3.8, 4) is 17.2 Å². The number of nitrogens with zero attached hydrogens (tertiary/aromatic N) is 4. The molecule has 0 spiro atoms. The highest BCUT2D eigenvalue weighted by Crippen LogP contribution is 2.52. The molecule has 3 aliphatic rings. The standard InChI is InChI=1S/C33H40N6O11/c1-15-28(42)18(34)11-23(49-15)50-20-13-33(47,21(14-40)37-38-22(41)9-4-3-5-10-36-39-35)12-17-25(20)32(46)27-26(30(17)44)29(43)16-7-6-8-19(48-2)24(16)31(27)45/h6-8,15,18,20,23,28,40,42,44,46-47H,3-5,9-14,34H2,1-2H3,(H,38,41)/b37-21+/t15-,18-,20-,23-,28+,33-/m0/s1. The molecule has 17 heteroatoms. The molecule has 0 unspecified atom stereocenters. The molecule has 0 aromatic heterocycles. The predicted octanol–water partition coefficient (Wildman–Crippen LogP) is 1.78. The topological polar surface area (TPSA) is 279 Å². The van der Waals surface area contributed by atoms with Crippen LogP contribution in [0.25, 0.3) is 10.4 Å². The van der Waals surface area contributed by atoms with Crippen LogP contribution in [0.4, 0.5) is 0 Å². The average molecular weight is 697 g/mol. The van der Waals surface area contributed by atoms with E-state index in [1.54, 1.807) is 6.92 Å². The number of amides is 1. The van der Waals surface area contributed by atoms with Gasteiger partial charge in [0.25, 0.3) is 0 Å². The summed E-state index contributed by atoms with van der Waals surface area (Å²) in [7, 11) is 1.32. The van der Waals surface area contributed by atoms with Gasteiger partial charge in [0, 0.05) is 59.9 Å². The molecule has 1 amide bonds. The third-order valence-electron chi connectivity index (χ3n) is 9.37. The number of aliphatic hydroxyl groups excluding tert-OH is 2. The van der Waals surface area contributed by atoms with E-state index in [2.05, 4.69) is 20.6 Å². The number of hydrogen-bond acceptors (Lipinski definition) is 14. The molecule has 2 aromatic carbocycles. The number of aliphatic hydroxyl groups is 3. The maximum Gasteiger partial charge on any atom is 0.240 e. The van der Waals surface area contributed by atoms with Crippen LogP contribution in [0.5, 0.6) is 17.2 Å². The minimum Gasteiger partial charge on any atom is -0.507 e. The summed E-state index contributed by atoms with van der Waals surface area (Å²) >= 11 is 0. The summed E-state index contributed by atoms with van der Waals surface area (Å²) < 4.78 is 17.4. The van der Waals surface area contributed by atoms with Crippen molar-refractivity contribution >= 4 is 23.2 Å². The smallest absolute Gasteiger partial charge is 0.240 e. The largest absolute Gasteiger partial charge is 0.507 e. The first-order valence-corrected chi connectivity index (χ1v) is 16.2. The van der Waals surface area contributed by atoms with Crippen LogP contribution >= 0.6 is 0 Å². The average Bonchev–Trinajstić information content (AvgIpc) is 3.08. The summed E-state index contributed by atoms with van der Waals surface area (Å²) in [5, 5.41) is 63.6. The fraction of sp³-hybridized carbons (Fsp3) is 0.515. The fourth-order valence-corrected chi connectivity index (χ4v) is 6.77. The number of phenols is 2. The molecule has 1 heterocycles. The number of nitrogens with one attached hydrogen (secondary N) is 1. The first-order chi connectivity index (χ1) is 23.9. The number of carbonyl (C=O) groups is 3. The third kappa shape index (κ3) is 6.89. The highest BCUT2D eigenvalue weighted by atomic mass is 16.7. The Balaban J connectivity index is 1.54. The number of phenolic OH excluding ortho intramolecular Hbond substituents is 2. The van der Waals surface area contributed by atoms with Gasteiger partial charge in [-0.3, -0.25) is 14.4 Å². The van der Waals surface area contributed by atoms with E-state index in [9.17, 15) is 39.9 Å². The molecule has 50 heavy (non-hydrogen) atoms. The Hall–Kier alpha value is -4.61. The van der Waals surface area contributed by atoms with Crippen molar-refractivity contribution in [1.82, 2.24) is 5.43 Å². The molecule has 2 aromatic rings. The lowest BCUT2D eigenvalue weighted by Crippen LogP contribution is -2.53. The number of ether oxygens (including phenoxy) is 3. The Bertz CT molecular complexity index is 1750.